The van der Waals surface area contributed by atoms with Crippen LogP contribution in [-0.2, 0) is 19.0 Å². The monoisotopic (exact) mass is 332 g/mol. The van der Waals surface area contributed by atoms with Gasteiger partial charge in [-0.15, -0.1) is 0 Å². The zero-order valence-electron chi connectivity index (χ0n) is 14.3. The number of aliphatic hydroxyl groups is 1. The summed E-state index contributed by atoms with van der Waals surface area (Å²) in [6.07, 6.45) is -0.791. The molecule has 0 aliphatic carbocycles. The summed E-state index contributed by atoms with van der Waals surface area (Å²) in [6, 6.07) is -0.856. The Balaban J connectivity index is 2.50. The number of hydrogen-bond donors (Lipinski definition) is 2. The van der Waals surface area contributed by atoms with Crippen molar-refractivity contribution in [3.63, 3.8) is 0 Å². The van der Waals surface area contributed by atoms with Crippen LogP contribution in [0.2, 0.25) is 0 Å². The summed E-state index contributed by atoms with van der Waals surface area (Å²) in [4.78, 5) is 25.5. The molecular formula is C15H28N2O6. The maximum atomic E-state index is 11.8. The number of nitrogens with zero attached hydrogens (tertiary/aromatic N) is 1. The van der Waals surface area contributed by atoms with E-state index in [4.69, 9.17) is 14.2 Å². The van der Waals surface area contributed by atoms with Gasteiger partial charge in [0.1, 0.15) is 17.9 Å². The molecule has 0 bridgehead atoms. The largest absolute Gasteiger partial charge is 0.467 e. The zero-order chi connectivity index (χ0) is 17.5. The molecule has 2 atom stereocenters. The van der Waals surface area contributed by atoms with Gasteiger partial charge in [0, 0.05) is 13.1 Å². The lowest BCUT2D eigenvalue weighted by molar-refractivity contribution is -0.143. The van der Waals surface area contributed by atoms with E-state index >= 15 is 0 Å². The molecule has 1 unspecified atom stereocenters. The van der Waals surface area contributed by atoms with Crippen LogP contribution in [0.5, 0.6) is 0 Å². The third-order valence-electron chi connectivity index (χ3n) is 3.36. The summed E-state index contributed by atoms with van der Waals surface area (Å²) in [5.74, 6) is -0.565. The topological polar surface area (TPSA) is 97.3 Å². The van der Waals surface area contributed by atoms with Crippen molar-refractivity contribution in [2.24, 2.45) is 0 Å². The number of aliphatic hydroxyl groups excluding tert-OH is 1. The van der Waals surface area contributed by atoms with Crippen LogP contribution in [0.15, 0.2) is 0 Å². The Morgan fingerprint density at radius 3 is 2.39 bits per heavy atom. The summed E-state index contributed by atoms with van der Waals surface area (Å²) < 4.78 is 15.1. The van der Waals surface area contributed by atoms with Gasteiger partial charge in [0.05, 0.1) is 20.3 Å². The van der Waals surface area contributed by atoms with Gasteiger partial charge in [-0.25, -0.2) is 9.59 Å². The van der Waals surface area contributed by atoms with E-state index < -0.39 is 29.9 Å². The van der Waals surface area contributed by atoms with Crippen LogP contribution in [0.1, 0.15) is 33.6 Å². The second-order valence-corrected chi connectivity index (χ2v) is 6.43. The molecule has 1 fully saturated rings. The van der Waals surface area contributed by atoms with Gasteiger partial charge in [0.25, 0.3) is 0 Å². The number of amides is 1. The molecule has 0 aromatic carbocycles. The van der Waals surface area contributed by atoms with Crippen molar-refractivity contribution in [2.75, 3.05) is 33.4 Å². The summed E-state index contributed by atoms with van der Waals surface area (Å²) in [7, 11) is 1.25. The fourth-order valence-electron chi connectivity index (χ4n) is 2.21. The van der Waals surface area contributed by atoms with Crippen molar-refractivity contribution in [3.8, 4) is 0 Å². The van der Waals surface area contributed by atoms with Crippen LogP contribution in [0.25, 0.3) is 0 Å². The third-order valence-corrected chi connectivity index (χ3v) is 3.36. The Kier molecular flexibility index (Phi) is 7.74. The third kappa shape index (κ3) is 7.62. The number of carbonyl (C=O) groups is 2. The fraction of sp³-hybridized carbons (Fsp3) is 0.867. The molecule has 23 heavy (non-hydrogen) atoms. The molecule has 1 amide bonds. The van der Waals surface area contributed by atoms with Gasteiger partial charge in [-0.3, -0.25) is 4.90 Å². The summed E-state index contributed by atoms with van der Waals surface area (Å²) >= 11 is 0. The molecule has 8 nitrogen and oxygen atoms in total. The molecule has 0 spiro atoms. The number of rotatable bonds is 6. The second-order valence-electron chi connectivity index (χ2n) is 6.43. The van der Waals surface area contributed by atoms with Crippen LogP contribution in [0, 0.1) is 0 Å². The Hall–Kier alpha value is -1.38. The Labute approximate surface area is 137 Å². The average molecular weight is 332 g/mol. The molecule has 2 N–H and O–H groups in total. The van der Waals surface area contributed by atoms with E-state index in [0.29, 0.717) is 32.7 Å². The van der Waals surface area contributed by atoms with Crippen molar-refractivity contribution in [1.29, 1.82) is 0 Å². The molecule has 0 aromatic rings. The maximum Gasteiger partial charge on any atom is 0.408 e. The minimum Gasteiger partial charge on any atom is -0.467 e. The Morgan fingerprint density at radius 1 is 1.26 bits per heavy atom. The number of morpholine rings is 1. The highest BCUT2D eigenvalue weighted by molar-refractivity contribution is 5.81. The molecule has 1 rings (SSSR count). The van der Waals surface area contributed by atoms with E-state index in [1.807, 2.05) is 4.90 Å². The quantitative estimate of drug-likeness (QED) is 0.683. The first-order chi connectivity index (χ1) is 10.7. The highest BCUT2D eigenvalue weighted by Gasteiger charge is 2.27. The molecular weight excluding hydrogens is 304 g/mol. The summed E-state index contributed by atoms with van der Waals surface area (Å²) in [5.41, 5.74) is -0.655. The van der Waals surface area contributed by atoms with Crippen LogP contribution in [0.3, 0.4) is 0 Å². The van der Waals surface area contributed by atoms with E-state index in [2.05, 4.69) is 5.32 Å². The molecule has 1 aliphatic heterocycles. The lowest BCUT2D eigenvalue weighted by Crippen LogP contribution is -2.47. The summed E-state index contributed by atoms with van der Waals surface area (Å²) in [6.45, 7) is 7.65. The van der Waals surface area contributed by atoms with E-state index in [-0.39, 0.29) is 6.42 Å². The lowest BCUT2D eigenvalue weighted by Gasteiger charge is -2.31. The van der Waals surface area contributed by atoms with Gasteiger partial charge in [0.2, 0.25) is 0 Å². The SMILES string of the molecule is COC(=O)[C@@H](CCC(O)N1CCOCC1)NC(=O)OC(C)(C)C. The van der Waals surface area contributed by atoms with Crippen molar-refractivity contribution in [2.45, 2.75) is 51.5 Å². The Bertz CT molecular complexity index is 390. The number of esters is 1. The Morgan fingerprint density at radius 2 is 1.87 bits per heavy atom. The molecule has 0 saturated carbocycles. The van der Waals surface area contributed by atoms with E-state index in [0.717, 1.165) is 0 Å². The number of ether oxygens (including phenoxy) is 3. The van der Waals surface area contributed by atoms with Crippen LogP contribution < -0.4 is 5.32 Å². The van der Waals surface area contributed by atoms with Gasteiger partial charge in [-0.2, -0.15) is 0 Å². The molecule has 0 aromatic heterocycles. The number of carbonyl (C=O) groups excluding carboxylic acids is 2. The average Bonchev–Trinajstić information content (AvgIpc) is 2.49. The first kappa shape index (κ1) is 19.7. The van der Waals surface area contributed by atoms with Crippen molar-refractivity contribution >= 4 is 12.1 Å². The number of alkyl carbamates (subject to hydrolysis) is 1. The van der Waals surface area contributed by atoms with Crippen LogP contribution in [-0.4, -0.2) is 73.4 Å². The van der Waals surface area contributed by atoms with Crippen LogP contribution >= 0.6 is 0 Å². The summed E-state index contributed by atoms with van der Waals surface area (Å²) in [5, 5.41) is 12.7. The minimum absolute atomic E-state index is 0.254. The lowest BCUT2D eigenvalue weighted by atomic mass is 10.1. The smallest absolute Gasteiger partial charge is 0.408 e. The predicted octanol–water partition coefficient (Wildman–Crippen LogP) is 0.484. The van der Waals surface area contributed by atoms with Gasteiger partial charge in [0.15, 0.2) is 0 Å². The minimum atomic E-state index is -0.856. The van der Waals surface area contributed by atoms with E-state index in [9.17, 15) is 14.7 Å². The zero-order valence-corrected chi connectivity index (χ0v) is 14.3. The molecule has 1 saturated heterocycles. The van der Waals surface area contributed by atoms with Gasteiger partial charge >= 0.3 is 12.1 Å². The molecule has 1 heterocycles. The van der Waals surface area contributed by atoms with Crippen molar-refractivity contribution < 1.29 is 28.9 Å². The van der Waals surface area contributed by atoms with Gasteiger partial charge in [-0.1, -0.05) is 0 Å². The standard InChI is InChI=1S/C15H28N2O6/c1-15(2,3)23-14(20)16-11(13(19)21-4)5-6-12(18)17-7-9-22-10-8-17/h11-12,18H,5-10H2,1-4H3,(H,16,20)/t11-,12?/m1/s1. The maximum absolute atomic E-state index is 11.8. The number of hydrogen-bond acceptors (Lipinski definition) is 7. The predicted molar refractivity (Wildman–Crippen MR) is 82.8 cm³/mol. The van der Waals surface area contributed by atoms with E-state index in [1.165, 1.54) is 7.11 Å². The van der Waals surface area contributed by atoms with E-state index in [1.54, 1.807) is 20.8 Å². The molecule has 134 valence electrons. The number of nitrogens with one attached hydrogen (secondary N) is 1. The van der Waals surface area contributed by atoms with Crippen LogP contribution in [0.4, 0.5) is 4.79 Å². The van der Waals surface area contributed by atoms with Gasteiger partial charge in [-0.05, 0) is 33.6 Å². The second kappa shape index (κ2) is 9.05. The normalized spacial score (nSPS) is 18.8. The van der Waals surface area contributed by atoms with Crippen molar-refractivity contribution in [3.05, 3.63) is 0 Å². The highest BCUT2D eigenvalue weighted by atomic mass is 16.6. The molecule has 0 radical (unpaired) electrons. The highest BCUT2D eigenvalue weighted by Crippen LogP contribution is 2.11. The molecule has 1 aliphatic rings. The van der Waals surface area contributed by atoms with Crippen molar-refractivity contribution in [1.82, 2.24) is 10.2 Å². The first-order valence-corrected chi connectivity index (χ1v) is 7.80. The first-order valence-electron chi connectivity index (χ1n) is 7.80. The fourth-order valence-corrected chi connectivity index (χ4v) is 2.21. The molecule has 8 heteroatoms. The van der Waals surface area contributed by atoms with Gasteiger partial charge < -0.3 is 24.6 Å². The number of methoxy groups -OCH3 is 1.